The van der Waals surface area contributed by atoms with E-state index in [1.165, 1.54) is 13.1 Å². The van der Waals surface area contributed by atoms with E-state index in [2.05, 4.69) is 10.3 Å². The van der Waals surface area contributed by atoms with Crippen LogP contribution in [0.4, 0.5) is 4.39 Å². The molecule has 1 fully saturated rings. The highest BCUT2D eigenvalue weighted by molar-refractivity contribution is 5.03. The highest BCUT2D eigenvalue weighted by Crippen LogP contribution is 2.30. The lowest BCUT2D eigenvalue weighted by Crippen LogP contribution is -2.42. The van der Waals surface area contributed by atoms with Gasteiger partial charge >= 0.3 is 5.69 Å². The number of ether oxygens (including phenoxy) is 1. The number of aliphatic hydroxyl groups is 1. The molecule has 0 bridgehead atoms. The second kappa shape index (κ2) is 5.24. The number of hydrogen-bond donors (Lipinski definition) is 3. The molecular weight excluding hydrogens is 257 g/mol. The number of nitrogens with zero attached hydrogens (tertiary/aromatic N) is 1. The van der Waals surface area contributed by atoms with Gasteiger partial charge in [-0.15, -0.1) is 0 Å². The summed E-state index contributed by atoms with van der Waals surface area (Å²) in [7, 11) is 1.55. The molecule has 0 saturated carbocycles. The molecule has 0 radical (unpaired) electrons. The zero-order chi connectivity index (χ0) is 14.2. The van der Waals surface area contributed by atoms with Crippen LogP contribution in [-0.4, -0.2) is 46.6 Å². The summed E-state index contributed by atoms with van der Waals surface area (Å²) in [5, 5.41) is 11.9. The molecule has 1 aliphatic rings. The normalized spacial score (nSPS) is 30.7. The van der Waals surface area contributed by atoms with Gasteiger partial charge in [-0.2, -0.15) is 0 Å². The number of aromatic amines is 1. The number of likely N-dealkylation sites (N-methyl/N-ethyl adjacent to an activating group) is 1. The quantitative estimate of drug-likeness (QED) is 0.633. The first-order chi connectivity index (χ1) is 8.99. The largest absolute Gasteiger partial charge is 0.394 e. The van der Waals surface area contributed by atoms with Crippen molar-refractivity contribution in [2.24, 2.45) is 0 Å². The first-order valence-corrected chi connectivity index (χ1v) is 5.89. The summed E-state index contributed by atoms with van der Waals surface area (Å²) < 4.78 is 20.6. The van der Waals surface area contributed by atoms with E-state index < -0.39 is 35.8 Å². The molecule has 8 heteroatoms. The highest BCUT2D eigenvalue weighted by atomic mass is 19.1. The molecule has 1 aromatic rings. The Morgan fingerprint density at radius 3 is 2.79 bits per heavy atom. The fraction of sp³-hybridized carbons (Fsp3) is 0.636. The van der Waals surface area contributed by atoms with E-state index >= 15 is 0 Å². The zero-order valence-corrected chi connectivity index (χ0v) is 10.6. The van der Waals surface area contributed by atoms with Crippen LogP contribution in [0.5, 0.6) is 0 Å². The minimum atomic E-state index is -1.51. The van der Waals surface area contributed by atoms with Crippen LogP contribution >= 0.6 is 0 Å². The van der Waals surface area contributed by atoms with Crippen molar-refractivity contribution in [2.75, 3.05) is 13.7 Å². The number of aliphatic hydroxyl groups excluding tert-OH is 1. The third-order valence-corrected chi connectivity index (χ3v) is 3.26. The Balaban J connectivity index is 2.41. The van der Waals surface area contributed by atoms with Crippen molar-refractivity contribution in [1.29, 1.82) is 0 Å². The van der Waals surface area contributed by atoms with Gasteiger partial charge in [0.2, 0.25) is 0 Å². The zero-order valence-electron chi connectivity index (χ0n) is 10.6. The lowest BCUT2D eigenvalue weighted by molar-refractivity contribution is -0.0409. The SMILES string of the molecule is CNC1C(CO)OC(n2cc(C)c(=O)[nH]c2=O)C1F. The molecular formula is C11H16FN3O4. The van der Waals surface area contributed by atoms with Crippen molar-refractivity contribution in [2.45, 2.75) is 31.5 Å². The summed E-state index contributed by atoms with van der Waals surface area (Å²) in [6.45, 7) is 1.15. The minimum Gasteiger partial charge on any atom is -0.394 e. The minimum absolute atomic E-state index is 0.281. The van der Waals surface area contributed by atoms with Crippen molar-refractivity contribution >= 4 is 0 Å². The molecule has 0 aromatic carbocycles. The van der Waals surface area contributed by atoms with E-state index in [9.17, 15) is 14.0 Å². The van der Waals surface area contributed by atoms with Crippen LogP contribution in [0, 0.1) is 6.92 Å². The van der Waals surface area contributed by atoms with Gasteiger partial charge in [-0.1, -0.05) is 0 Å². The Kier molecular flexibility index (Phi) is 3.83. The monoisotopic (exact) mass is 273 g/mol. The number of nitrogens with one attached hydrogen (secondary N) is 2. The van der Waals surface area contributed by atoms with Gasteiger partial charge in [0.05, 0.1) is 12.6 Å². The van der Waals surface area contributed by atoms with E-state index in [1.807, 2.05) is 0 Å². The molecule has 7 nitrogen and oxygen atoms in total. The van der Waals surface area contributed by atoms with Gasteiger partial charge in [-0.3, -0.25) is 14.3 Å². The number of hydrogen-bond acceptors (Lipinski definition) is 5. The van der Waals surface area contributed by atoms with Gasteiger partial charge in [-0.25, -0.2) is 9.18 Å². The highest BCUT2D eigenvalue weighted by Gasteiger charge is 2.45. The predicted octanol–water partition coefficient (Wildman–Crippen LogP) is -1.34. The maximum Gasteiger partial charge on any atom is 0.330 e. The molecule has 1 saturated heterocycles. The fourth-order valence-corrected chi connectivity index (χ4v) is 2.22. The molecule has 2 rings (SSSR count). The Bertz CT molecular complexity index is 570. The Morgan fingerprint density at radius 2 is 2.26 bits per heavy atom. The van der Waals surface area contributed by atoms with Crippen LogP contribution in [0.15, 0.2) is 15.8 Å². The molecule has 19 heavy (non-hydrogen) atoms. The molecule has 1 aliphatic heterocycles. The topological polar surface area (TPSA) is 96.3 Å². The maximum atomic E-state index is 14.2. The average Bonchev–Trinajstić information content (AvgIpc) is 2.70. The van der Waals surface area contributed by atoms with Gasteiger partial charge in [0.25, 0.3) is 5.56 Å². The number of alkyl halides is 1. The molecule has 4 unspecified atom stereocenters. The summed E-state index contributed by atoms with van der Waals surface area (Å²) in [5.41, 5.74) is -0.973. The summed E-state index contributed by atoms with van der Waals surface area (Å²) in [6, 6.07) is -0.714. The lowest BCUT2D eigenvalue weighted by Gasteiger charge is -2.17. The molecule has 2 heterocycles. The number of halogens is 1. The van der Waals surface area contributed by atoms with E-state index in [1.54, 1.807) is 7.05 Å². The van der Waals surface area contributed by atoms with Crippen LogP contribution in [0.1, 0.15) is 11.8 Å². The van der Waals surface area contributed by atoms with E-state index in [4.69, 9.17) is 9.84 Å². The Labute approximate surface area is 108 Å². The summed E-state index contributed by atoms with van der Waals surface area (Å²) in [6.07, 6.45) is -2.17. The Hall–Kier alpha value is -1.51. The standard InChI is InChI=1S/C11H16FN3O4/c1-5-3-15(11(18)14-9(5)17)10-7(12)8(13-2)6(4-16)19-10/h3,6-8,10,13,16H,4H2,1-2H3,(H,14,17,18). The molecule has 1 aromatic heterocycles. The molecule has 0 amide bonds. The predicted molar refractivity (Wildman–Crippen MR) is 64.8 cm³/mol. The molecule has 0 spiro atoms. The lowest BCUT2D eigenvalue weighted by atomic mass is 10.1. The number of H-pyrrole nitrogens is 1. The summed E-state index contributed by atoms with van der Waals surface area (Å²) in [5.74, 6) is 0. The van der Waals surface area contributed by atoms with Crippen molar-refractivity contribution in [3.05, 3.63) is 32.6 Å². The summed E-state index contributed by atoms with van der Waals surface area (Å²) in [4.78, 5) is 25.1. The first kappa shape index (κ1) is 13.9. The van der Waals surface area contributed by atoms with E-state index in [0.29, 0.717) is 0 Å². The van der Waals surface area contributed by atoms with Crippen molar-refractivity contribution in [1.82, 2.24) is 14.9 Å². The van der Waals surface area contributed by atoms with E-state index in [-0.39, 0.29) is 12.2 Å². The first-order valence-electron chi connectivity index (χ1n) is 5.89. The number of aryl methyl sites for hydroxylation is 1. The fourth-order valence-electron chi connectivity index (χ4n) is 2.22. The number of rotatable bonds is 3. The van der Waals surface area contributed by atoms with Crippen LogP contribution in [0.3, 0.4) is 0 Å². The van der Waals surface area contributed by atoms with Gasteiger partial charge in [0.1, 0.15) is 6.10 Å². The van der Waals surface area contributed by atoms with Crippen molar-refractivity contribution in [3.8, 4) is 0 Å². The number of aromatic nitrogens is 2. The molecule has 0 aliphatic carbocycles. The van der Waals surface area contributed by atoms with Crippen LogP contribution in [-0.2, 0) is 4.74 Å². The third-order valence-electron chi connectivity index (χ3n) is 3.26. The van der Waals surface area contributed by atoms with E-state index in [0.717, 1.165) is 4.57 Å². The second-order valence-corrected chi connectivity index (χ2v) is 4.49. The molecule has 3 N–H and O–H groups in total. The average molecular weight is 273 g/mol. The Morgan fingerprint density at radius 1 is 1.58 bits per heavy atom. The van der Waals surface area contributed by atoms with Crippen LogP contribution in [0.25, 0.3) is 0 Å². The van der Waals surface area contributed by atoms with Gasteiger partial charge in [-0.05, 0) is 14.0 Å². The molecule has 106 valence electrons. The van der Waals surface area contributed by atoms with Gasteiger partial charge in [0.15, 0.2) is 12.4 Å². The van der Waals surface area contributed by atoms with Gasteiger partial charge in [0, 0.05) is 11.8 Å². The maximum absolute atomic E-state index is 14.2. The van der Waals surface area contributed by atoms with Crippen LogP contribution in [0.2, 0.25) is 0 Å². The second-order valence-electron chi connectivity index (χ2n) is 4.49. The molecule has 4 atom stereocenters. The summed E-state index contributed by atoms with van der Waals surface area (Å²) >= 11 is 0. The smallest absolute Gasteiger partial charge is 0.330 e. The van der Waals surface area contributed by atoms with Gasteiger partial charge < -0.3 is 15.2 Å². The van der Waals surface area contributed by atoms with Crippen molar-refractivity contribution < 1.29 is 14.2 Å². The van der Waals surface area contributed by atoms with Crippen LogP contribution < -0.4 is 16.6 Å². The third kappa shape index (κ3) is 2.34. The van der Waals surface area contributed by atoms with Crippen molar-refractivity contribution in [3.63, 3.8) is 0 Å².